The van der Waals surface area contributed by atoms with Crippen LogP contribution < -0.4 is 20.1 Å². The van der Waals surface area contributed by atoms with Crippen LogP contribution in [0.5, 0.6) is 11.5 Å². The van der Waals surface area contributed by atoms with E-state index in [0.717, 1.165) is 0 Å². The first-order valence-corrected chi connectivity index (χ1v) is 9.66. The van der Waals surface area contributed by atoms with E-state index in [4.69, 9.17) is 9.47 Å². The lowest BCUT2D eigenvalue weighted by molar-refractivity contribution is -0.115. The highest BCUT2D eigenvalue weighted by atomic mass is 32.1. The fourth-order valence-electron chi connectivity index (χ4n) is 2.27. The van der Waals surface area contributed by atoms with Crippen molar-refractivity contribution in [1.82, 2.24) is 4.98 Å². The van der Waals surface area contributed by atoms with Crippen LogP contribution in [0, 0.1) is 0 Å². The molecule has 0 saturated carbocycles. The average molecular weight is 403 g/mol. The van der Waals surface area contributed by atoms with E-state index in [1.807, 2.05) is 11.4 Å². The van der Waals surface area contributed by atoms with Crippen molar-refractivity contribution in [3.05, 3.63) is 51.7 Å². The molecule has 0 aliphatic rings. The van der Waals surface area contributed by atoms with Crippen LogP contribution in [0.1, 0.15) is 15.4 Å². The number of carbonyl (C=O) groups excluding carboxylic acids is 2. The summed E-state index contributed by atoms with van der Waals surface area (Å²) in [5, 5.41) is 9.56. The Kier molecular flexibility index (Phi) is 6.05. The molecule has 0 spiro atoms. The lowest BCUT2D eigenvalue weighted by Crippen LogP contribution is -2.15. The highest BCUT2D eigenvalue weighted by molar-refractivity contribution is 7.14. The van der Waals surface area contributed by atoms with Crippen LogP contribution in [0.2, 0.25) is 0 Å². The minimum Gasteiger partial charge on any atom is -0.497 e. The molecule has 0 unspecified atom stereocenters. The highest BCUT2D eigenvalue weighted by Crippen LogP contribution is 2.29. The number of nitrogens with one attached hydrogen (secondary N) is 2. The van der Waals surface area contributed by atoms with E-state index in [1.54, 1.807) is 36.8 Å². The summed E-state index contributed by atoms with van der Waals surface area (Å²) >= 11 is 2.63. The van der Waals surface area contributed by atoms with Gasteiger partial charge in [0, 0.05) is 11.4 Å². The first-order valence-electron chi connectivity index (χ1n) is 7.90. The summed E-state index contributed by atoms with van der Waals surface area (Å²) in [6.45, 7) is 0. The van der Waals surface area contributed by atoms with Gasteiger partial charge in [-0.2, -0.15) is 0 Å². The lowest BCUT2D eigenvalue weighted by Gasteiger charge is -2.11. The van der Waals surface area contributed by atoms with E-state index >= 15 is 0 Å². The van der Waals surface area contributed by atoms with E-state index in [0.29, 0.717) is 32.9 Å². The summed E-state index contributed by atoms with van der Waals surface area (Å²) in [4.78, 5) is 29.2. The SMILES string of the molecule is COc1ccc(NC(=O)Cc2csc(NC(=O)c3cccs3)n2)c(OC)c1. The second kappa shape index (κ2) is 8.65. The van der Waals surface area contributed by atoms with Gasteiger partial charge in [-0.15, -0.1) is 22.7 Å². The Hall–Kier alpha value is -2.91. The molecule has 0 aliphatic carbocycles. The summed E-state index contributed by atoms with van der Waals surface area (Å²) in [6, 6.07) is 8.69. The van der Waals surface area contributed by atoms with Gasteiger partial charge in [0.05, 0.1) is 36.9 Å². The van der Waals surface area contributed by atoms with Crippen molar-refractivity contribution >= 4 is 45.3 Å². The number of benzene rings is 1. The number of methoxy groups -OCH3 is 2. The molecule has 3 rings (SSSR count). The number of anilines is 2. The van der Waals surface area contributed by atoms with Crippen molar-refractivity contribution in [2.24, 2.45) is 0 Å². The molecule has 27 heavy (non-hydrogen) atoms. The van der Waals surface area contributed by atoms with Gasteiger partial charge in [-0.05, 0) is 23.6 Å². The summed E-state index contributed by atoms with van der Waals surface area (Å²) in [5.74, 6) is 0.693. The van der Waals surface area contributed by atoms with Gasteiger partial charge in [0.1, 0.15) is 11.5 Å². The van der Waals surface area contributed by atoms with Crippen molar-refractivity contribution in [3.8, 4) is 11.5 Å². The van der Waals surface area contributed by atoms with Gasteiger partial charge in [0.15, 0.2) is 5.13 Å². The molecule has 2 heterocycles. The van der Waals surface area contributed by atoms with Gasteiger partial charge in [-0.1, -0.05) is 6.07 Å². The van der Waals surface area contributed by atoms with Crippen molar-refractivity contribution in [2.75, 3.05) is 24.9 Å². The van der Waals surface area contributed by atoms with Gasteiger partial charge in [-0.3, -0.25) is 14.9 Å². The number of thiophene rings is 1. The lowest BCUT2D eigenvalue weighted by atomic mass is 10.2. The second-order valence-corrected chi connectivity index (χ2v) is 7.17. The Bertz CT molecular complexity index is 938. The summed E-state index contributed by atoms with van der Waals surface area (Å²) in [5.41, 5.74) is 1.12. The Morgan fingerprint density at radius 3 is 2.67 bits per heavy atom. The molecule has 0 bridgehead atoms. The van der Waals surface area contributed by atoms with E-state index in [-0.39, 0.29) is 18.2 Å². The van der Waals surface area contributed by atoms with Gasteiger partial charge < -0.3 is 14.8 Å². The van der Waals surface area contributed by atoms with E-state index in [9.17, 15) is 9.59 Å². The minimum atomic E-state index is -0.236. The number of carbonyl (C=O) groups is 2. The quantitative estimate of drug-likeness (QED) is 0.628. The summed E-state index contributed by atoms with van der Waals surface area (Å²) < 4.78 is 10.4. The normalized spacial score (nSPS) is 10.3. The molecule has 2 aromatic heterocycles. The zero-order chi connectivity index (χ0) is 19.2. The first-order chi connectivity index (χ1) is 13.1. The molecule has 0 atom stereocenters. The Morgan fingerprint density at radius 2 is 1.96 bits per heavy atom. The van der Waals surface area contributed by atoms with Gasteiger partial charge >= 0.3 is 0 Å². The number of nitrogens with zero attached hydrogens (tertiary/aromatic N) is 1. The molecule has 0 saturated heterocycles. The third kappa shape index (κ3) is 4.83. The van der Waals surface area contributed by atoms with Crippen LogP contribution in [0.25, 0.3) is 0 Å². The number of aromatic nitrogens is 1. The number of amides is 2. The molecular weight excluding hydrogens is 386 g/mol. The minimum absolute atomic E-state index is 0.0839. The first kappa shape index (κ1) is 18.9. The molecule has 9 heteroatoms. The van der Waals surface area contributed by atoms with E-state index in [2.05, 4.69) is 15.6 Å². The number of rotatable bonds is 7. The third-order valence-electron chi connectivity index (χ3n) is 3.54. The van der Waals surface area contributed by atoms with Crippen LogP contribution in [-0.4, -0.2) is 31.0 Å². The monoisotopic (exact) mass is 403 g/mol. The standard InChI is InChI=1S/C18H17N3O4S2/c1-24-12-5-6-13(14(9-12)25-2)20-16(22)8-11-10-27-18(19-11)21-17(23)15-4-3-7-26-15/h3-7,9-10H,8H2,1-2H3,(H,20,22)(H,19,21,23). The maximum Gasteiger partial charge on any atom is 0.267 e. The van der Waals surface area contributed by atoms with Crippen molar-refractivity contribution < 1.29 is 19.1 Å². The smallest absolute Gasteiger partial charge is 0.267 e. The molecule has 0 fully saturated rings. The van der Waals surface area contributed by atoms with Crippen LogP contribution >= 0.6 is 22.7 Å². The Morgan fingerprint density at radius 1 is 1.11 bits per heavy atom. The molecule has 0 radical (unpaired) electrons. The van der Waals surface area contributed by atoms with Crippen LogP contribution in [0.3, 0.4) is 0 Å². The fraction of sp³-hybridized carbons (Fsp3) is 0.167. The number of hydrogen-bond acceptors (Lipinski definition) is 7. The maximum atomic E-state index is 12.3. The van der Waals surface area contributed by atoms with Gasteiger partial charge in [0.25, 0.3) is 5.91 Å². The van der Waals surface area contributed by atoms with Crippen LogP contribution in [-0.2, 0) is 11.2 Å². The number of ether oxygens (including phenoxy) is 2. The predicted octanol–water partition coefficient (Wildman–Crippen LogP) is 3.66. The third-order valence-corrected chi connectivity index (χ3v) is 5.22. The van der Waals surface area contributed by atoms with Crippen LogP contribution in [0.15, 0.2) is 41.1 Å². The largest absolute Gasteiger partial charge is 0.497 e. The summed E-state index contributed by atoms with van der Waals surface area (Å²) in [6.07, 6.45) is 0.0839. The second-order valence-electron chi connectivity index (χ2n) is 5.37. The van der Waals surface area contributed by atoms with Crippen molar-refractivity contribution in [1.29, 1.82) is 0 Å². The Balaban J connectivity index is 1.60. The van der Waals surface area contributed by atoms with E-state index in [1.165, 1.54) is 29.8 Å². The van der Waals surface area contributed by atoms with Crippen molar-refractivity contribution in [2.45, 2.75) is 6.42 Å². The Labute approximate surface area is 164 Å². The molecule has 140 valence electrons. The zero-order valence-corrected chi connectivity index (χ0v) is 16.3. The topological polar surface area (TPSA) is 89.6 Å². The van der Waals surface area contributed by atoms with Gasteiger partial charge in [0.2, 0.25) is 5.91 Å². The molecule has 1 aromatic carbocycles. The highest BCUT2D eigenvalue weighted by Gasteiger charge is 2.13. The molecule has 7 nitrogen and oxygen atoms in total. The van der Waals surface area contributed by atoms with Crippen molar-refractivity contribution in [3.63, 3.8) is 0 Å². The average Bonchev–Trinajstić information content (AvgIpc) is 3.34. The fourth-order valence-corrected chi connectivity index (χ4v) is 3.60. The van der Waals surface area contributed by atoms with E-state index < -0.39 is 0 Å². The molecule has 2 amide bonds. The zero-order valence-electron chi connectivity index (χ0n) is 14.6. The number of hydrogen-bond donors (Lipinski definition) is 2. The summed E-state index contributed by atoms with van der Waals surface area (Å²) in [7, 11) is 3.08. The number of thiazole rings is 1. The molecule has 3 aromatic rings. The van der Waals surface area contributed by atoms with Crippen LogP contribution in [0.4, 0.5) is 10.8 Å². The molecule has 2 N–H and O–H groups in total. The maximum absolute atomic E-state index is 12.3. The molecular formula is C18H17N3O4S2. The predicted molar refractivity (Wildman–Crippen MR) is 106 cm³/mol. The molecule has 0 aliphatic heterocycles. The van der Waals surface area contributed by atoms with Gasteiger partial charge in [-0.25, -0.2) is 4.98 Å².